The zero-order chi connectivity index (χ0) is 18.1. The zero-order valence-corrected chi connectivity index (χ0v) is 15.5. The van der Waals surface area contributed by atoms with Crippen molar-refractivity contribution in [1.29, 1.82) is 0 Å². The van der Waals surface area contributed by atoms with Crippen molar-refractivity contribution in [2.45, 2.75) is 49.5 Å². The van der Waals surface area contributed by atoms with Crippen molar-refractivity contribution < 1.29 is 24.2 Å². The van der Waals surface area contributed by atoms with Gasteiger partial charge in [-0.05, 0) is 12.7 Å². The molecule has 1 unspecified atom stereocenters. The van der Waals surface area contributed by atoms with Crippen LogP contribution in [0.2, 0.25) is 0 Å². The minimum Gasteiger partial charge on any atom is -0.477 e. The lowest BCUT2D eigenvalue weighted by molar-refractivity contribution is -0.150. The highest BCUT2D eigenvalue weighted by Crippen LogP contribution is 2.54. The molecule has 2 aliphatic rings. The minimum atomic E-state index is -1.23. The predicted molar refractivity (Wildman–Crippen MR) is 93.3 cm³/mol. The van der Waals surface area contributed by atoms with Gasteiger partial charge in [-0.15, -0.1) is 23.5 Å². The summed E-state index contributed by atoms with van der Waals surface area (Å²) in [6, 6.07) is 0. The Bertz CT molecular complexity index is 594. The number of aliphatic carboxylic acids is 1. The number of carboxylic acids is 1. The number of hydrogen-bond acceptors (Lipinski definition) is 7. The number of carbonyl (C=O) groups is 3. The topological polar surface area (TPSA) is 110 Å². The lowest BCUT2D eigenvalue weighted by Gasteiger charge is -2.57. The van der Waals surface area contributed by atoms with Crippen molar-refractivity contribution in [3.8, 4) is 0 Å². The molecule has 134 valence electrons. The van der Waals surface area contributed by atoms with Gasteiger partial charge in [0.25, 0.3) is 0 Å². The molecule has 1 amide bonds. The van der Waals surface area contributed by atoms with Crippen LogP contribution < -0.4 is 5.73 Å². The molecular weight excluding hydrogens is 352 g/mol. The van der Waals surface area contributed by atoms with Gasteiger partial charge in [0.1, 0.15) is 15.8 Å². The Morgan fingerprint density at radius 1 is 1.58 bits per heavy atom. The number of unbranched alkanes of at least 4 members (excludes halogenated alkanes) is 1. The van der Waals surface area contributed by atoms with Gasteiger partial charge in [0.05, 0.1) is 0 Å². The summed E-state index contributed by atoms with van der Waals surface area (Å²) in [6.45, 7) is 3.26. The highest BCUT2D eigenvalue weighted by Gasteiger charge is 2.64. The Kier molecular flexibility index (Phi) is 5.87. The molecule has 0 bridgehead atoms. The van der Waals surface area contributed by atoms with Crippen LogP contribution in [0.1, 0.15) is 33.1 Å². The van der Waals surface area contributed by atoms with Crippen molar-refractivity contribution in [3.05, 3.63) is 11.3 Å². The molecule has 0 aromatic heterocycles. The van der Waals surface area contributed by atoms with Crippen LogP contribution >= 0.6 is 23.5 Å². The summed E-state index contributed by atoms with van der Waals surface area (Å²) in [7, 11) is 0. The van der Waals surface area contributed by atoms with E-state index in [-0.39, 0.29) is 22.6 Å². The molecule has 3 atom stereocenters. The molecule has 7 nitrogen and oxygen atoms in total. The Hall–Kier alpha value is -1.19. The van der Waals surface area contributed by atoms with Crippen LogP contribution in [0.3, 0.4) is 0 Å². The Labute approximate surface area is 149 Å². The fourth-order valence-corrected chi connectivity index (χ4v) is 5.94. The first kappa shape index (κ1) is 19.1. The maximum Gasteiger partial charge on any atom is 0.352 e. The number of carboxylic acid groups (broad SMARTS) is 1. The van der Waals surface area contributed by atoms with E-state index in [0.29, 0.717) is 5.75 Å². The molecule has 2 rings (SSSR count). The number of nitrogens with two attached hydrogens (primary N) is 1. The first-order valence-electron chi connectivity index (χ1n) is 7.69. The SMILES string of the molecule is CCCC[C@@]1(SC)C(=O)N2C(C(=O)O)=C(C(N)OC(C)=O)CS[C@@H]21. The molecule has 0 aromatic rings. The van der Waals surface area contributed by atoms with Crippen LogP contribution in [0.25, 0.3) is 0 Å². The second-order valence-electron chi connectivity index (χ2n) is 5.74. The third-order valence-electron chi connectivity index (χ3n) is 4.26. The highest BCUT2D eigenvalue weighted by atomic mass is 32.2. The number of thioether (sulfide) groups is 2. The van der Waals surface area contributed by atoms with E-state index in [1.165, 1.54) is 35.3 Å². The standard InChI is InChI=1S/C15H22N2O5S2/c1-4-5-6-15(23-3)13(21)17-10(12(19)20)9(7-24-14(15)17)11(16)22-8(2)18/h11,14H,4-7,16H2,1-3H3,(H,19,20)/t11?,14-,15-/m1/s1. The summed E-state index contributed by atoms with van der Waals surface area (Å²) >= 11 is 2.96. The number of nitrogens with zero attached hydrogens (tertiary/aromatic N) is 1. The summed E-state index contributed by atoms with van der Waals surface area (Å²) in [6.07, 6.45) is 3.32. The van der Waals surface area contributed by atoms with Crippen LogP contribution in [0.4, 0.5) is 0 Å². The van der Waals surface area contributed by atoms with Crippen molar-refractivity contribution >= 4 is 41.4 Å². The average molecular weight is 374 g/mol. The molecule has 2 heterocycles. The molecule has 0 aromatic carbocycles. The van der Waals surface area contributed by atoms with E-state index >= 15 is 0 Å². The first-order valence-corrected chi connectivity index (χ1v) is 9.97. The summed E-state index contributed by atoms with van der Waals surface area (Å²) in [4.78, 5) is 37.0. The van der Waals surface area contributed by atoms with Crippen LogP contribution in [-0.2, 0) is 19.1 Å². The van der Waals surface area contributed by atoms with E-state index < -0.39 is 22.9 Å². The summed E-state index contributed by atoms with van der Waals surface area (Å²) in [5, 5.41) is 9.36. The van der Waals surface area contributed by atoms with Crippen molar-refractivity contribution in [2.24, 2.45) is 5.73 Å². The van der Waals surface area contributed by atoms with Gasteiger partial charge in [0, 0.05) is 18.2 Å². The number of β-lactam (4-membered cyclic amide) rings is 1. The Morgan fingerprint density at radius 3 is 2.75 bits per heavy atom. The molecule has 0 spiro atoms. The second-order valence-corrected chi connectivity index (χ2v) is 7.95. The number of rotatable bonds is 7. The van der Waals surface area contributed by atoms with E-state index in [2.05, 4.69) is 6.92 Å². The number of fused-ring (bicyclic) bond motifs is 1. The molecule has 0 aliphatic carbocycles. The van der Waals surface area contributed by atoms with Gasteiger partial charge in [-0.3, -0.25) is 20.2 Å². The number of amides is 1. The summed E-state index contributed by atoms with van der Waals surface area (Å²) in [5.74, 6) is -1.70. The van der Waals surface area contributed by atoms with Gasteiger partial charge in [-0.25, -0.2) is 4.79 Å². The zero-order valence-electron chi connectivity index (χ0n) is 13.9. The molecule has 1 saturated heterocycles. The maximum absolute atomic E-state index is 12.8. The number of esters is 1. The molecule has 9 heteroatoms. The molecule has 2 aliphatic heterocycles. The van der Waals surface area contributed by atoms with E-state index in [0.717, 1.165) is 19.3 Å². The van der Waals surface area contributed by atoms with Crippen molar-refractivity contribution in [2.75, 3.05) is 12.0 Å². The van der Waals surface area contributed by atoms with Crippen LogP contribution in [0.5, 0.6) is 0 Å². The monoisotopic (exact) mass is 374 g/mol. The third-order valence-corrected chi connectivity index (χ3v) is 7.15. The minimum absolute atomic E-state index is 0.140. The molecular formula is C15H22N2O5S2. The average Bonchev–Trinajstić information content (AvgIpc) is 2.53. The van der Waals surface area contributed by atoms with Gasteiger partial charge >= 0.3 is 11.9 Å². The number of carbonyl (C=O) groups excluding carboxylic acids is 2. The fourth-order valence-electron chi connectivity index (χ4n) is 3.05. The first-order chi connectivity index (χ1) is 11.3. The normalized spacial score (nSPS) is 27.4. The number of hydrogen-bond donors (Lipinski definition) is 2. The molecule has 3 N–H and O–H groups in total. The molecule has 24 heavy (non-hydrogen) atoms. The van der Waals surface area contributed by atoms with Crippen LogP contribution in [0, 0.1) is 0 Å². The number of ether oxygens (including phenoxy) is 1. The quantitative estimate of drug-likeness (QED) is 0.391. The summed E-state index contributed by atoms with van der Waals surface area (Å²) in [5.41, 5.74) is 5.94. The fraction of sp³-hybridized carbons (Fsp3) is 0.667. The van der Waals surface area contributed by atoms with Crippen LogP contribution in [0.15, 0.2) is 11.3 Å². The van der Waals surface area contributed by atoms with E-state index in [1.807, 2.05) is 6.26 Å². The third kappa shape index (κ3) is 3.04. The molecule has 1 fully saturated rings. The van der Waals surface area contributed by atoms with E-state index in [4.69, 9.17) is 10.5 Å². The highest BCUT2D eigenvalue weighted by molar-refractivity contribution is 8.05. The molecule has 0 saturated carbocycles. The lowest BCUT2D eigenvalue weighted by atomic mass is 9.89. The van der Waals surface area contributed by atoms with E-state index in [9.17, 15) is 19.5 Å². The molecule has 0 radical (unpaired) electrons. The van der Waals surface area contributed by atoms with Crippen molar-refractivity contribution in [3.63, 3.8) is 0 Å². The van der Waals surface area contributed by atoms with Crippen LogP contribution in [-0.4, -0.2) is 56.2 Å². The van der Waals surface area contributed by atoms with Gasteiger partial charge in [-0.2, -0.15) is 0 Å². The Balaban J connectivity index is 2.36. The lowest BCUT2D eigenvalue weighted by Crippen LogP contribution is -2.72. The van der Waals surface area contributed by atoms with E-state index in [1.54, 1.807) is 0 Å². The Morgan fingerprint density at radius 2 is 2.25 bits per heavy atom. The predicted octanol–water partition coefficient (Wildman–Crippen LogP) is 1.38. The second kappa shape index (κ2) is 7.37. The van der Waals surface area contributed by atoms with Gasteiger partial charge in [0.2, 0.25) is 5.91 Å². The van der Waals surface area contributed by atoms with Gasteiger partial charge in [-0.1, -0.05) is 19.8 Å². The maximum atomic E-state index is 12.8. The summed E-state index contributed by atoms with van der Waals surface area (Å²) < 4.78 is 4.33. The van der Waals surface area contributed by atoms with Crippen molar-refractivity contribution in [1.82, 2.24) is 4.90 Å². The van der Waals surface area contributed by atoms with Gasteiger partial charge < -0.3 is 9.84 Å². The van der Waals surface area contributed by atoms with Gasteiger partial charge in [0.15, 0.2) is 6.23 Å². The largest absolute Gasteiger partial charge is 0.477 e. The smallest absolute Gasteiger partial charge is 0.352 e.